The molecule has 7 heteroatoms. The zero-order valence-corrected chi connectivity index (χ0v) is 15.1. The zero-order valence-electron chi connectivity index (χ0n) is 13.6. The molecule has 2 rings (SSSR count). The van der Waals surface area contributed by atoms with E-state index in [1.165, 1.54) is 25.3 Å². The van der Waals surface area contributed by atoms with Crippen molar-refractivity contribution in [2.45, 2.75) is 13.5 Å². The Morgan fingerprint density at radius 1 is 1.20 bits per heavy atom. The second kappa shape index (κ2) is 8.62. The second-order valence-electron chi connectivity index (χ2n) is 5.07. The van der Waals surface area contributed by atoms with E-state index in [1.54, 1.807) is 18.2 Å². The van der Waals surface area contributed by atoms with E-state index in [4.69, 9.17) is 4.74 Å². The Balaban J connectivity index is 2.08. The van der Waals surface area contributed by atoms with Crippen molar-refractivity contribution in [2.75, 3.05) is 12.4 Å². The van der Waals surface area contributed by atoms with Crippen molar-refractivity contribution in [3.8, 4) is 11.5 Å². The van der Waals surface area contributed by atoms with Crippen LogP contribution in [0.1, 0.15) is 11.1 Å². The number of ether oxygens (including phenoxy) is 2. The van der Waals surface area contributed by atoms with Crippen LogP contribution in [-0.4, -0.2) is 19.6 Å². The summed E-state index contributed by atoms with van der Waals surface area (Å²) in [5.41, 5.74) is 2.24. The number of alkyl halides is 2. The maximum Gasteiger partial charge on any atom is 0.387 e. The predicted octanol–water partition coefficient (Wildman–Crippen LogP) is 5.02. The molecule has 1 amide bonds. The highest BCUT2D eigenvalue weighted by atomic mass is 79.9. The van der Waals surface area contributed by atoms with Crippen LogP contribution in [0.15, 0.2) is 46.9 Å². The molecule has 0 unspecified atom stereocenters. The lowest BCUT2D eigenvalue weighted by Crippen LogP contribution is -2.08. The van der Waals surface area contributed by atoms with Gasteiger partial charge in [-0.25, -0.2) is 0 Å². The normalized spacial score (nSPS) is 11.0. The van der Waals surface area contributed by atoms with Crippen LogP contribution >= 0.6 is 15.9 Å². The van der Waals surface area contributed by atoms with Crippen molar-refractivity contribution >= 4 is 33.6 Å². The minimum Gasteiger partial charge on any atom is -0.493 e. The van der Waals surface area contributed by atoms with Gasteiger partial charge in [0.15, 0.2) is 11.5 Å². The van der Waals surface area contributed by atoms with E-state index < -0.39 is 6.61 Å². The number of benzene rings is 2. The lowest BCUT2D eigenvalue weighted by molar-refractivity contribution is -0.111. The summed E-state index contributed by atoms with van der Waals surface area (Å²) in [6.07, 6.45) is 2.90. The SMILES string of the molecule is COc1cc(C=CC(=O)Nc2ccc(Br)cc2C)ccc1OC(F)F. The average molecular weight is 412 g/mol. The number of amides is 1. The van der Waals surface area contributed by atoms with Crippen molar-refractivity contribution in [3.05, 3.63) is 58.1 Å². The van der Waals surface area contributed by atoms with E-state index in [2.05, 4.69) is 26.0 Å². The van der Waals surface area contributed by atoms with Crippen molar-refractivity contribution in [3.63, 3.8) is 0 Å². The fraction of sp³-hybridized carbons (Fsp3) is 0.167. The number of carbonyl (C=O) groups excluding carboxylic acids is 1. The molecule has 0 aliphatic heterocycles. The Hall–Kier alpha value is -2.41. The molecule has 0 spiro atoms. The number of nitrogens with one attached hydrogen (secondary N) is 1. The van der Waals surface area contributed by atoms with Crippen molar-refractivity contribution in [2.24, 2.45) is 0 Å². The molecule has 0 aliphatic carbocycles. The van der Waals surface area contributed by atoms with Crippen LogP contribution in [-0.2, 0) is 4.79 Å². The van der Waals surface area contributed by atoms with Crippen molar-refractivity contribution in [1.82, 2.24) is 0 Å². The van der Waals surface area contributed by atoms with Gasteiger partial charge in [0.2, 0.25) is 5.91 Å². The van der Waals surface area contributed by atoms with E-state index in [9.17, 15) is 13.6 Å². The van der Waals surface area contributed by atoms with Crippen LogP contribution in [0.2, 0.25) is 0 Å². The first-order valence-electron chi connectivity index (χ1n) is 7.27. The van der Waals surface area contributed by atoms with E-state index in [-0.39, 0.29) is 17.4 Å². The standard InChI is InChI=1S/C18H16BrF2NO3/c1-11-9-13(19)5-6-14(11)22-17(23)8-4-12-3-7-15(25-18(20)21)16(10-12)24-2/h3-10,18H,1-2H3,(H,22,23). The molecular weight excluding hydrogens is 396 g/mol. The van der Waals surface area contributed by atoms with Gasteiger partial charge in [-0.05, 0) is 54.5 Å². The number of anilines is 1. The van der Waals surface area contributed by atoms with Crippen LogP contribution in [0.4, 0.5) is 14.5 Å². The molecule has 0 saturated heterocycles. The predicted molar refractivity (Wildman–Crippen MR) is 96.2 cm³/mol. The molecule has 0 fully saturated rings. The minimum atomic E-state index is -2.93. The number of hydrogen-bond acceptors (Lipinski definition) is 3. The molecule has 2 aromatic carbocycles. The average Bonchev–Trinajstić information content (AvgIpc) is 2.56. The number of hydrogen-bond donors (Lipinski definition) is 1. The van der Waals surface area contributed by atoms with Crippen LogP contribution in [0.5, 0.6) is 11.5 Å². The van der Waals surface area contributed by atoms with Gasteiger partial charge < -0.3 is 14.8 Å². The van der Waals surface area contributed by atoms with Gasteiger partial charge in [-0.15, -0.1) is 0 Å². The van der Waals surface area contributed by atoms with Gasteiger partial charge in [-0.3, -0.25) is 4.79 Å². The van der Waals surface area contributed by atoms with E-state index >= 15 is 0 Å². The molecule has 4 nitrogen and oxygen atoms in total. The van der Waals surface area contributed by atoms with Gasteiger partial charge in [-0.1, -0.05) is 22.0 Å². The summed E-state index contributed by atoms with van der Waals surface area (Å²) in [5.74, 6) is -0.214. The Kier molecular flexibility index (Phi) is 6.52. The lowest BCUT2D eigenvalue weighted by atomic mass is 10.1. The zero-order chi connectivity index (χ0) is 18.4. The molecule has 25 heavy (non-hydrogen) atoms. The molecule has 0 heterocycles. The van der Waals surface area contributed by atoms with Crippen molar-refractivity contribution < 1.29 is 23.0 Å². The first kappa shape index (κ1) is 18.9. The summed E-state index contributed by atoms with van der Waals surface area (Å²) in [5, 5.41) is 2.77. The summed E-state index contributed by atoms with van der Waals surface area (Å²) >= 11 is 3.36. The van der Waals surface area contributed by atoms with E-state index in [0.29, 0.717) is 11.3 Å². The molecule has 0 aromatic heterocycles. The fourth-order valence-electron chi connectivity index (χ4n) is 2.09. The lowest BCUT2D eigenvalue weighted by Gasteiger charge is -2.10. The molecule has 0 bridgehead atoms. The van der Waals surface area contributed by atoms with Gasteiger partial charge in [-0.2, -0.15) is 8.78 Å². The van der Waals surface area contributed by atoms with Gasteiger partial charge in [0.25, 0.3) is 0 Å². The monoisotopic (exact) mass is 411 g/mol. The third-order valence-corrected chi connectivity index (χ3v) is 3.77. The summed E-state index contributed by atoms with van der Waals surface area (Å²) in [4.78, 5) is 12.0. The van der Waals surface area contributed by atoms with Crippen LogP contribution in [0.25, 0.3) is 6.08 Å². The number of rotatable bonds is 6. The van der Waals surface area contributed by atoms with Gasteiger partial charge in [0, 0.05) is 16.2 Å². The Labute approximate surface area is 152 Å². The number of aryl methyl sites for hydroxylation is 1. The van der Waals surface area contributed by atoms with Gasteiger partial charge in [0.1, 0.15) is 0 Å². The molecule has 132 valence electrons. The maximum atomic E-state index is 12.3. The number of methoxy groups -OCH3 is 1. The topological polar surface area (TPSA) is 47.6 Å². The van der Waals surface area contributed by atoms with Gasteiger partial charge >= 0.3 is 6.61 Å². The third-order valence-electron chi connectivity index (χ3n) is 3.28. The molecule has 0 atom stereocenters. The minimum absolute atomic E-state index is 0.0652. The highest BCUT2D eigenvalue weighted by molar-refractivity contribution is 9.10. The summed E-state index contributed by atoms with van der Waals surface area (Å²) in [6.45, 7) is -1.05. The maximum absolute atomic E-state index is 12.3. The first-order chi connectivity index (χ1) is 11.9. The quantitative estimate of drug-likeness (QED) is 0.678. The highest BCUT2D eigenvalue weighted by Crippen LogP contribution is 2.29. The van der Waals surface area contributed by atoms with Crippen LogP contribution in [0, 0.1) is 6.92 Å². The molecule has 0 radical (unpaired) electrons. The Morgan fingerprint density at radius 3 is 2.60 bits per heavy atom. The largest absolute Gasteiger partial charge is 0.493 e. The van der Waals surface area contributed by atoms with Crippen LogP contribution in [0.3, 0.4) is 0 Å². The number of carbonyl (C=O) groups is 1. The van der Waals surface area contributed by atoms with E-state index in [0.717, 1.165) is 10.0 Å². The molecule has 1 N–H and O–H groups in total. The summed E-state index contributed by atoms with van der Waals surface area (Å²) in [7, 11) is 1.35. The second-order valence-corrected chi connectivity index (χ2v) is 5.99. The molecule has 2 aromatic rings. The van der Waals surface area contributed by atoms with Crippen LogP contribution < -0.4 is 14.8 Å². The smallest absolute Gasteiger partial charge is 0.387 e. The number of halogens is 3. The fourth-order valence-corrected chi connectivity index (χ4v) is 2.57. The molecule has 0 saturated carbocycles. The highest BCUT2D eigenvalue weighted by Gasteiger charge is 2.10. The van der Waals surface area contributed by atoms with Gasteiger partial charge in [0.05, 0.1) is 7.11 Å². The molecular formula is C18H16BrF2NO3. The first-order valence-corrected chi connectivity index (χ1v) is 8.06. The summed E-state index contributed by atoms with van der Waals surface area (Å²) in [6, 6.07) is 9.94. The van der Waals surface area contributed by atoms with Crippen molar-refractivity contribution in [1.29, 1.82) is 0 Å². The molecule has 0 aliphatic rings. The Morgan fingerprint density at radius 2 is 1.96 bits per heavy atom. The van der Waals surface area contributed by atoms with E-state index in [1.807, 2.05) is 19.1 Å². The third kappa shape index (κ3) is 5.56. The summed E-state index contributed by atoms with van der Waals surface area (Å²) < 4.78 is 34.9. The Bertz CT molecular complexity index is 794.